The van der Waals surface area contributed by atoms with Gasteiger partial charge in [0.05, 0.1) is 6.61 Å². The van der Waals surface area contributed by atoms with Crippen molar-refractivity contribution in [3.8, 4) is 0 Å². The van der Waals surface area contributed by atoms with Gasteiger partial charge in [-0.25, -0.2) is 0 Å². The molecule has 3 amide bonds. The van der Waals surface area contributed by atoms with Gasteiger partial charge in [0, 0.05) is 38.0 Å². The lowest BCUT2D eigenvalue weighted by atomic mass is 10.3. The Morgan fingerprint density at radius 1 is 0.947 bits per heavy atom. The summed E-state index contributed by atoms with van der Waals surface area (Å²) in [4.78, 5) is 33.6. The minimum Gasteiger partial charge on any atom is -0.395 e. The highest BCUT2D eigenvalue weighted by atomic mass is 16.3. The lowest BCUT2D eigenvalue weighted by Crippen LogP contribution is -2.34. The SMILES string of the molecule is C=C(C)C(=O)NCCC(=O)NCCC(=O)NCCO. The van der Waals surface area contributed by atoms with E-state index in [1.54, 1.807) is 6.92 Å². The molecule has 0 atom stereocenters. The fourth-order valence-corrected chi connectivity index (χ4v) is 1.13. The van der Waals surface area contributed by atoms with Crippen LogP contribution in [0.5, 0.6) is 0 Å². The molecular formula is C12H21N3O4. The fraction of sp³-hybridized carbons (Fsp3) is 0.583. The molecule has 0 bridgehead atoms. The molecule has 0 spiro atoms. The number of nitrogens with one attached hydrogen (secondary N) is 3. The van der Waals surface area contributed by atoms with Crippen LogP contribution in [0.2, 0.25) is 0 Å². The predicted octanol–water partition coefficient (Wildman–Crippen LogP) is -1.32. The van der Waals surface area contributed by atoms with E-state index in [0.717, 1.165) is 0 Å². The summed E-state index contributed by atoms with van der Waals surface area (Å²) in [5, 5.41) is 16.0. The van der Waals surface area contributed by atoms with Crippen LogP contribution in [0.1, 0.15) is 19.8 Å². The van der Waals surface area contributed by atoms with E-state index >= 15 is 0 Å². The Morgan fingerprint density at radius 3 is 1.89 bits per heavy atom. The lowest BCUT2D eigenvalue weighted by molar-refractivity contribution is -0.122. The summed E-state index contributed by atoms with van der Waals surface area (Å²) >= 11 is 0. The third-order valence-electron chi connectivity index (χ3n) is 2.13. The highest BCUT2D eigenvalue weighted by Crippen LogP contribution is 1.86. The summed E-state index contributed by atoms with van der Waals surface area (Å²) < 4.78 is 0. The van der Waals surface area contributed by atoms with Crippen molar-refractivity contribution in [3.05, 3.63) is 12.2 Å². The van der Waals surface area contributed by atoms with Crippen molar-refractivity contribution in [1.82, 2.24) is 16.0 Å². The van der Waals surface area contributed by atoms with Crippen molar-refractivity contribution in [3.63, 3.8) is 0 Å². The van der Waals surface area contributed by atoms with Gasteiger partial charge in [0.15, 0.2) is 0 Å². The fourth-order valence-electron chi connectivity index (χ4n) is 1.13. The molecule has 0 aromatic carbocycles. The molecule has 0 aliphatic carbocycles. The van der Waals surface area contributed by atoms with Crippen LogP contribution in [0.25, 0.3) is 0 Å². The van der Waals surface area contributed by atoms with Crippen LogP contribution < -0.4 is 16.0 Å². The monoisotopic (exact) mass is 271 g/mol. The van der Waals surface area contributed by atoms with E-state index in [0.29, 0.717) is 5.57 Å². The van der Waals surface area contributed by atoms with Gasteiger partial charge in [-0.1, -0.05) is 6.58 Å². The third kappa shape index (κ3) is 9.78. The van der Waals surface area contributed by atoms with Crippen LogP contribution in [0, 0.1) is 0 Å². The quantitative estimate of drug-likeness (QED) is 0.390. The molecule has 7 nitrogen and oxygen atoms in total. The second-order valence-corrected chi connectivity index (χ2v) is 3.96. The largest absolute Gasteiger partial charge is 0.395 e. The Hall–Kier alpha value is -1.89. The molecule has 0 aliphatic heterocycles. The third-order valence-corrected chi connectivity index (χ3v) is 2.13. The van der Waals surface area contributed by atoms with Crippen molar-refractivity contribution in [2.75, 3.05) is 26.2 Å². The summed E-state index contributed by atoms with van der Waals surface area (Å²) in [5.41, 5.74) is 0.390. The number of aliphatic hydroxyl groups is 1. The minimum atomic E-state index is -0.281. The van der Waals surface area contributed by atoms with Gasteiger partial charge in [0.25, 0.3) is 0 Å². The summed E-state index contributed by atoms with van der Waals surface area (Å²) in [6.45, 7) is 5.61. The standard InChI is InChI=1S/C12H21N3O4/c1-9(2)12(19)15-6-4-10(17)13-5-3-11(18)14-7-8-16/h16H,1,3-8H2,2H3,(H,13,17)(H,14,18)(H,15,19). The molecule has 0 aromatic heterocycles. The normalized spacial score (nSPS) is 9.58. The highest BCUT2D eigenvalue weighted by Gasteiger charge is 2.05. The molecule has 7 heteroatoms. The van der Waals surface area contributed by atoms with Crippen LogP contribution >= 0.6 is 0 Å². The molecule has 4 N–H and O–H groups in total. The zero-order valence-electron chi connectivity index (χ0n) is 11.1. The topological polar surface area (TPSA) is 108 Å². The van der Waals surface area contributed by atoms with E-state index in [9.17, 15) is 14.4 Å². The van der Waals surface area contributed by atoms with Crippen molar-refractivity contribution in [2.45, 2.75) is 19.8 Å². The lowest BCUT2D eigenvalue weighted by Gasteiger charge is -2.07. The number of hydrogen-bond donors (Lipinski definition) is 4. The number of aliphatic hydroxyl groups excluding tert-OH is 1. The number of carbonyl (C=O) groups excluding carboxylic acids is 3. The van der Waals surface area contributed by atoms with E-state index in [1.165, 1.54) is 0 Å². The summed E-state index contributed by atoms with van der Waals surface area (Å²) in [5.74, 6) is -0.752. The molecular weight excluding hydrogens is 250 g/mol. The van der Waals surface area contributed by atoms with Gasteiger partial charge in [0.2, 0.25) is 17.7 Å². The molecule has 0 unspecified atom stereocenters. The molecule has 0 rings (SSSR count). The average molecular weight is 271 g/mol. The van der Waals surface area contributed by atoms with Gasteiger partial charge in [-0.15, -0.1) is 0 Å². The first-order valence-electron chi connectivity index (χ1n) is 6.05. The van der Waals surface area contributed by atoms with Crippen LogP contribution in [0.3, 0.4) is 0 Å². The second kappa shape index (κ2) is 10.1. The number of carbonyl (C=O) groups is 3. The molecule has 0 aliphatic rings. The Balaban J connectivity index is 3.57. The molecule has 19 heavy (non-hydrogen) atoms. The number of rotatable bonds is 9. The molecule has 0 saturated heterocycles. The van der Waals surface area contributed by atoms with Gasteiger partial charge >= 0.3 is 0 Å². The highest BCUT2D eigenvalue weighted by molar-refractivity contribution is 5.92. The van der Waals surface area contributed by atoms with Gasteiger partial charge in [0.1, 0.15) is 0 Å². The summed E-state index contributed by atoms with van der Waals surface area (Å²) in [6, 6.07) is 0. The number of hydrogen-bond acceptors (Lipinski definition) is 4. The molecule has 0 aromatic rings. The zero-order chi connectivity index (χ0) is 14.7. The van der Waals surface area contributed by atoms with E-state index < -0.39 is 0 Å². The van der Waals surface area contributed by atoms with Crippen LogP contribution in [-0.2, 0) is 14.4 Å². The second-order valence-electron chi connectivity index (χ2n) is 3.96. The first-order valence-corrected chi connectivity index (χ1v) is 6.05. The van der Waals surface area contributed by atoms with Crippen molar-refractivity contribution in [2.24, 2.45) is 0 Å². The van der Waals surface area contributed by atoms with Crippen molar-refractivity contribution < 1.29 is 19.5 Å². The van der Waals surface area contributed by atoms with E-state index in [4.69, 9.17) is 5.11 Å². The molecule has 0 fully saturated rings. The predicted molar refractivity (Wildman–Crippen MR) is 70.2 cm³/mol. The number of amides is 3. The van der Waals surface area contributed by atoms with Gasteiger partial charge in [-0.2, -0.15) is 0 Å². The van der Waals surface area contributed by atoms with E-state index in [2.05, 4.69) is 22.5 Å². The van der Waals surface area contributed by atoms with Crippen LogP contribution in [-0.4, -0.2) is 49.1 Å². The van der Waals surface area contributed by atoms with Gasteiger partial charge in [-0.05, 0) is 6.92 Å². The molecule has 0 radical (unpaired) electrons. The molecule has 108 valence electrons. The van der Waals surface area contributed by atoms with Crippen molar-refractivity contribution >= 4 is 17.7 Å². The summed E-state index contributed by atoms with van der Waals surface area (Å²) in [6.07, 6.45) is 0.307. The smallest absolute Gasteiger partial charge is 0.246 e. The first-order chi connectivity index (χ1) is 8.97. The van der Waals surface area contributed by atoms with Crippen LogP contribution in [0.15, 0.2) is 12.2 Å². The van der Waals surface area contributed by atoms with Crippen LogP contribution in [0.4, 0.5) is 0 Å². The average Bonchev–Trinajstić information content (AvgIpc) is 2.36. The maximum atomic E-state index is 11.3. The van der Waals surface area contributed by atoms with Gasteiger partial charge < -0.3 is 21.1 Å². The Labute approximate surface area is 112 Å². The first kappa shape index (κ1) is 17.1. The van der Waals surface area contributed by atoms with Crippen molar-refractivity contribution in [1.29, 1.82) is 0 Å². The summed E-state index contributed by atoms with van der Waals surface area (Å²) in [7, 11) is 0. The van der Waals surface area contributed by atoms with Gasteiger partial charge in [-0.3, -0.25) is 14.4 Å². The maximum Gasteiger partial charge on any atom is 0.246 e. The minimum absolute atomic E-state index is 0.111. The molecule has 0 saturated carbocycles. The zero-order valence-corrected chi connectivity index (χ0v) is 11.1. The molecule has 0 heterocycles. The Morgan fingerprint density at radius 2 is 1.42 bits per heavy atom. The Kier molecular flexibility index (Phi) is 9.07. The maximum absolute atomic E-state index is 11.3. The van der Waals surface area contributed by atoms with E-state index in [-0.39, 0.29) is 56.8 Å². The Bertz CT molecular complexity index is 342. The van der Waals surface area contributed by atoms with E-state index in [1.807, 2.05) is 0 Å².